The maximum Gasteiger partial charge on any atom is 0.186 e. The zero-order valence-corrected chi connectivity index (χ0v) is 20.1. The summed E-state index contributed by atoms with van der Waals surface area (Å²) in [5.41, 5.74) is 1.63. The van der Waals surface area contributed by atoms with Crippen LogP contribution >= 0.6 is 0 Å². The van der Waals surface area contributed by atoms with Gasteiger partial charge in [0, 0.05) is 0 Å². The molecule has 8 N–H and O–H groups in total. The van der Waals surface area contributed by atoms with Crippen molar-refractivity contribution in [2.24, 2.45) is 5.92 Å². The Hall–Kier alpha value is -2.60. The molecule has 0 amide bonds. The van der Waals surface area contributed by atoms with E-state index in [0.717, 1.165) is 17.5 Å². The Bertz CT molecular complexity index is 981. The van der Waals surface area contributed by atoms with Gasteiger partial charge in [0.2, 0.25) is 0 Å². The molecule has 0 aromatic heterocycles. The van der Waals surface area contributed by atoms with E-state index in [1.165, 1.54) is 24.3 Å². The summed E-state index contributed by atoms with van der Waals surface area (Å²) in [5.74, 6) is -0.684. The second-order valence-corrected chi connectivity index (χ2v) is 9.52. The lowest BCUT2D eigenvalue weighted by molar-refractivity contribution is -0.312. The number of aryl methyl sites for hydroxylation is 2. The lowest BCUT2D eigenvalue weighted by Crippen LogP contribution is -2.59. The van der Waals surface area contributed by atoms with E-state index in [2.05, 4.69) is 0 Å². The van der Waals surface area contributed by atoms with Crippen LogP contribution in [-0.2, 0) is 22.3 Å². The molecule has 0 unspecified atom stereocenters. The number of hydrogen-bond acceptors (Lipinski definition) is 10. The zero-order chi connectivity index (χ0) is 26.4. The van der Waals surface area contributed by atoms with Gasteiger partial charge in [0.05, 0.1) is 12.7 Å². The number of benzene rings is 2. The summed E-state index contributed by atoms with van der Waals surface area (Å²) >= 11 is 0. The average molecular weight is 509 g/mol. The second kappa shape index (κ2) is 12.6. The van der Waals surface area contributed by atoms with Crippen LogP contribution < -0.4 is 0 Å². The fraction of sp³-hybridized carbons (Fsp3) is 0.538. The van der Waals surface area contributed by atoms with Gasteiger partial charge in [-0.05, 0) is 73.4 Å². The Balaban J connectivity index is 1.67. The Kier molecular flexibility index (Phi) is 9.77. The van der Waals surface area contributed by atoms with Gasteiger partial charge in [-0.2, -0.15) is 0 Å². The maximum atomic E-state index is 10.4. The molecular weight excluding hydrogens is 472 g/mol. The van der Waals surface area contributed by atoms with Crippen molar-refractivity contribution in [2.75, 3.05) is 6.61 Å². The number of aromatic hydroxyl groups is 4. The minimum absolute atomic E-state index is 0.129. The highest BCUT2D eigenvalue weighted by atomic mass is 16.7. The van der Waals surface area contributed by atoms with Gasteiger partial charge in [0.25, 0.3) is 0 Å². The molecule has 3 rings (SSSR count). The first-order chi connectivity index (χ1) is 17.1. The minimum Gasteiger partial charge on any atom is -0.504 e. The predicted octanol–water partition coefficient (Wildman–Crippen LogP) is 1.29. The van der Waals surface area contributed by atoms with Crippen LogP contribution in [0.3, 0.4) is 0 Å². The van der Waals surface area contributed by atoms with E-state index in [1.54, 1.807) is 12.1 Å². The van der Waals surface area contributed by atoms with Crippen molar-refractivity contribution >= 4 is 0 Å². The van der Waals surface area contributed by atoms with Gasteiger partial charge in [-0.15, -0.1) is 0 Å². The molecule has 1 fully saturated rings. The van der Waals surface area contributed by atoms with Gasteiger partial charge < -0.3 is 50.3 Å². The third-order valence-corrected chi connectivity index (χ3v) is 6.60. The van der Waals surface area contributed by atoms with Crippen LogP contribution in [0.1, 0.15) is 37.3 Å². The lowest BCUT2D eigenvalue weighted by atomic mass is 9.92. The van der Waals surface area contributed by atoms with Gasteiger partial charge in [-0.25, -0.2) is 0 Å². The Labute approximate surface area is 209 Å². The monoisotopic (exact) mass is 508 g/mol. The van der Waals surface area contributed by atoms with Gasteiger partial charge in [-0.1, -0.05) is 19.1 Å². The van der Waals surface area contributed by atoms with E-state index in [1.807, 2.05) is 6.92 Å². The molecule has 1 aliphatic rings. The molecule has 1 aliphatic heterocycles. The summed E-state index contributed by atoms with van der Waals surface area (Å²) in [4.78, 5) is 0. The molecular formula is C26H36O10. The number of aliphatic hydroxyl groups is 4. The first-order valence-corrected chi connectivity index (χ1v) is 12.1. The molecule has 1 saturated heterocycles. The standard InChI is InChI=1S/C26H36O10/c1-14(2-3-15-5-8-18(28)20(30)11-15)10-17(7-4-16-6-9-19(29)21(31)12-16)35-26-25(34)24(33)23(32)22(13-27)36-26/h5-6,8-9,11-12,14,17,22-34H,2-4,7,10,13H2,1H3/t14-,17-,22+,23+,24-,25+,26+/m0/s1. The summed E-state index contributed by atoms with van der Waals surface area (Å²) in [6.07, 6.45) is -4.47. The molecule has 2 aromatic carbocycles. The SMILES string of the molecule is C[C@@H](CCc1ccc(O)c(O)c1)C[C@H](CCc1ccc(O)c(O)c1)O[C@@H]1O[C@H](CO)[C@@H](O)[C@H](O)[C@H]1O. The van der Waals surface area contributed by atoms with Gasteiger partial charge in [-0.3, -0.25) is 0 Å². The van der Waals surface area contributed by atoms with Crippen molar-refractivity contribution < 1.29 is 50.3 Å². The fourth-order valence-corrected chi connectivity index (χ4v) is 4.37. The molecule has 10 nitrogen and oxygen atoms in total. The average Bonchev–Trinajstić information content (AvgIpc) is 2.85. The summed E-state index contributed by atoms with van der Waals surface area (Å²) in [6.45, 7) is 1.47. The van der Waals surface area contributed by atoms with Crippen LogP contribution in [0.15, 0.2) is 36.4 Å². The molecule has 10 heteroatoms. The Morgan fingerprint density at radius 2 is 1.33 bits per heavy atom. The normalized spacial score (nSPS) is 26.0. The smallest absolute Gasteiger partial charge is 0.186 e. The van der Waals surface area contributed by atoms with Gasteiger partial charge >= 0.3 is 0 Å². The molecule has 0 spiro atoms. The number of ether oxygens (including phenoxy) is 2. The third-order valence-electron chi connectivity index (χ3n) is 6.60. The third kappa shape index (κ3) is 7.22. The molecule has 0 aliphatic carbocycles. The van der Waals surface area contributed by atoms with Crippen LogP contribution in [0.5, 0.6) is 23.0 Å². The van der Waals surface area contributed by atoms with E-state index >= 15 is 0 Å². The van der Waals surface area contributed by atoms with Crippen molar-refractivity contribution in [3.63, 3.8) is 0 Å². The van der Waals surface area contributed by atoms with Crippen molar-refractivity contribution in [1.29, 1.82) is 0 Å². The van der Waals surface area contributed by atoms with E-state index in [4.69, 9.17) is 9.47 Å². The number of hydrogen-bond donors (Lipinski definition) is 8. The fourth-order valence-electron chi connectivity index (χ4n) is 4.37. The second-order valence-electron chi connectivity index (χ2n) is 9.52. The molecule has 1 heterocycles. The number of phenols is 4. The lowest BCUT2D eigenvalue weighted by Gasteiger charge is -2.41. The Morgan fingerprint density at radius 1 is 0.778 bits per heavy atom. The summed E-state index contributed by atoms with van der Waals surface area (Å²) in [6, 6.07) is 9.23. The highest BCUT2D eigenvalue weighted by molar-refractivity contribution is 5.41. The van der Waals surface area contributed by atoms with Crippen molar-refractivity contribution in [3.05, 3.63) is 47.5 Å². The topological polar surface area (TPSA) is 180 Å². The summed E-state index contributed by atoms with van der Waals surface area (Å²) in [5, 5.41) is 78.6. The van der Waals surface area contributed by atoms with E-state index in [-0.39, 0.29) is 28.9 Å². The van der Waals surface area contributed by atoms with Crippen molar-refractivity contribution in [2.45, 2.75) is 75.8 Å². The first kappa shape index (κ1) is 28.0. The zero-order valence-electron chi connectivity index (χ0n) is 20.1. The molecule has 0 radical (unpaired) electrons. The minimum atomic E-state index is -1.55. The predicted molar refractivity (Wildman–Crippen MR) is 129 cm³/mol. The quantitative estimate of drug-likeness (QED) is 0.206. The van der Waals surface area contributed by atoms with E-state index < -0.39 is 43.4 Å². The molecule has 7 atom stereocenters. The largest absolute Gasteiger partial charge is 0.504 e. The van der Waals surface area contributed by atoms with Gasteiger partial charge in [0.1, 0.15) is 24.4 Å². The first-order valence-electron chi connectivity index (χ1n) is 12.1. The van der Waals surface area contributed by atoms with E-state index in [0.29, 0.717) is 25.7 Å². The molecule has 0 saturated carbocycles. The maximum absolute atomic E-state index is 10.4. The van der Waals surface area contributed by atoms with Crippen LogP contribution in [0, 0.1) is 5.92 Å². The van der Waals surface area contributed by atoms with Crippen molar-refractivity contribution in [1.82, 2.24) is 0 Å². The number of aliphatic hydroxyl groups excluding tert-OH is 4. The summed E-state index contributed by atoms with van der Waals surface area (Å²) in [7, 11) is 0. The highest BCUT2D eigenvalue weighted by Gasteiger charge is 2.44. The molecule has 36 heavy (non-hydrogen) atoms. The highest BCUT2D eigenvalue weighted by Crippen LogP contribution is 2.30. The Morgan fingerprint density at radius 3 is 1.86 bits per heavy atom. The van der Waals surface area contributed by atoms with Crippen LogP contribution in [0.2, 0.25) is 0 Å². The number of phenolic OH excluding ortho intramolecular Hbond substituents is 4. The molecule has 2 aromatic rings. The van der Waals surface area contributed by atoms with Gasteiger partial charge in [0.15, 0.2) is 29.3 Å². The van der Waals surface area contributed by atoms with Crippen molar-refractivity contribution in [3.8, 4) is 23.0 Å². The molecule has 200 valence electrons. The van der Waals surface area contributed by atoms with Crippen LogP contribution in [-0.4, -0.2) is 84.3 Å². The molecule has 0 bridgehead atoms. The van der Waals surface area contributed by atoms with E-state index in [9.17, 15) is 40.9 Å². The summed E-state index contributed by atoms with van der Waals surface area (Å²) < 4.78 is 11.6. The van der Waals surface area contributed by atoms with Crippen LogP contribution in [0.4, 0.5) is 0 Å². The number of rotatable bonds is 11. The van der Waals surface area contributed by atoms with Crippen LogP contribution in [0.25, 0.3) is 0 Å².